The Bertz CT molecular complexity index is 401. The van der Waals surface area contributed by atoms with Gasteiger partial charge in [0.15, 0.2) is 5.96 Å². The van der Waals surface area contributed by atoms with Gasteiger partial charge in [0.05, 0.1) is 0 Å². The average molecular weight is 496 g/mol. The highest BCUT2D eigenvalue weighted by Gasteiger charge is 2.25. The third-order valence-electron chi connectivity index (χ3n) is 5.65. The zero-order chi connectivity index (χ0) is 18.6. The van der Waals surface area contributed by atoms with Crippen molar-refractivity contribution in [2.24, 2.45) is 16.8 Å². The van der Waals surface area contributed by atoms with Crippen LogP contribution in [0.2, 0.25) is 0 Å². The lowest BCUT2D eigenvalue weighted by molar-refractivity contribution is 0.0203. The van der Waals surface area contributed by atoms with Crippen molar-refractivity contribution in [1.82, 2.24) is 15.1 Å². The Hall–Kier alpha value is -0.120. The first-order chi connectivity index (χ1) is 12.8. The summed E-state index contributed by atoms with van der Waals surface area (Å²) < 4.78 is 11.2. The van der Waals surface area contributed by atoms with Gasteiger partial charge >= 0.3 is 0 Å². The Morgan fingerprint density at radius 1 is 1.19 bits per heavy atom. The Labute approximate surface area is 183 Å². The van der Waals surface area contributed by atoms with Crippen LogP contribution in [0.5, 0.6) is 0 Å². The van der Waals surface area contributed by atoms with E-state index in [0.717, 1.165) is 90.3 Å². The zero-order valence-electron chi connectivity index (χ0n) is 17.6. The van der Waals surface area contributed by atoms with Crippen LogP contribution in [-0.2, 0) is 9.47 Å². The summed E-state index contributed by atoms with van der Waals surface area (Å²) in [5.41, 5.74) is 0. The lowest BCUT2D eigenvalue weighted by Crippen LogP contribution is -2.41. The molecule has 1 atom stereocenters. The van der Waals surface area contributed by atoms with E-state index in [-0.39, 0.29) is 24.0 Å². The maximum absolute atomic E-state index is 5.85. The maximum atomic E-state index is 5.85. The van der Waals surface area contributed by atoms with E-state index in [1.54, 1.807) is 0 Å². The van der Waals surface area contributed by atoms with Gasteiger partial charge in [-0.05, 0) is 50.6 Å². The first-order valence-electron chi connectivity index (χ1n) is 10.6. The van der Waals surface area contributed by atoms with Crippen molar-refractivity contribution in [2.75, 3.05) is 72.7 Å². The van der Waals surface area contributed by atoms with Crippen molar-refractivity contribution in [3.8, 4) is 0 Å². The summed E-state index contributed by atoms with van der Waals surface area (Å²) in [5, 5.41) is 3.51. The van der Waals surface area contributed by atoms with E-state index >= 15 is 0 Å². The van der Waals surface area contributed by atoms with Crippen LogP contribution >= 0.6 is 24.0 Å². The molecule has 0 aromatic rings. The molecule has 27 heavy (non-hydrogen) atoms. The summed E-state index contributed by atoms with van der Waals surface area (Å²) in [7, 11) is 1.89. The lowest BCUT2D eigenvalue weighted by Gasteiger charge is -2.24. The molecule has 0 aliphatic carbocycles. The van der Waals surface area contributed by atoms with Gasteiger partial charge in [-0.2, -0.15) is 0 Å². The Balaban J connectivity index is 0.00000364. The highest BCUT2D eigenvalue weighted by atomic mass is 127. The summed E-state index contributed by atoms with van der Waals surface area (Å²) in [6.07, 6.45) is 4.59. The molecule has 0 spiro atoms. The molecule has 1 unspecified atom stereocenters. The molecule has 0 bridgehead atoms. The van der Waals surface area contributed by atoms with E-state index < -0.39 is 0 Å². The smallest absolute Gasteiger partial charge is 0.193 e. The molecule has 2 saturated heterocycles. The molecule has 2 rings (SSSR count). The number of guanidine groups is 1. The van der Waals surface area contributed by atoms with Crippen LogP contribution in [0.15, 0.2) is 4.99 Å². The highest BCUT2D eigenvalue weighted by Crippen LogP contribution is 2.17. The van der Waals surface area contributed by atoms with Crippen molar-refractivity contribution in [1.29, 1.82) is 0 Å². The normalized spacial score (nSPS) is 21.6. The molecule has 0 saturated carbocycles. The zero-order valence-corrected chi connectivity index (χ0v) is 20.0. The van der Waals surface area contributed by atoms with Crippen LogP contribution in [-0.4, -0.2) is 88.5 Å². The molecule has 0 amide bonds. The number of nitrogens with zero attached hydrogens (tertiary/aromatic N) is 3. The average Bonchev–Trinajstić information content (AvgIpc) is 3.14. The largest absolute Gasteiger partial charge is 0.381 e. The predicted molar refractivity (Wildman–Crippen MR) is 123 cm³/mol. The third-order valence-corrected chi connectivity index (χ3v) is 5.65. The van der Waals surface area contributed by atoms with Crippen molar-refractivity contribution >= 4 is 29.9 Å². The molecular formula is C20H41IN4O2. The summed E-state index contributed by atoms with van der Waals surface area (Å²) in [6.45, 7) is 14.7. The van der Waals surface area contributed by atoms with Crippen LogP contribution in [0, 0.1) is 11.8 Å². The van der Waals surface area contributed by atoms with E-state index in [0.29, 0.717) is 5.92 Å². The fourth-order valence-electron chi connectivity index (χ4n) is 3.89. The van der Waals surface area contributed by atoms with Gasteiger partial charge in [-0.25, -0.2) is 0 Å². The topological polar surface area (TPSA) is 49.3 Å². The second-order valence-electron chi connectivity index (χ2n) is 7.54. The van der Waals surface area contributed by atoms with Crippen molar-refractivity contribution in [3.63, 3.8) is 0 Å². The van der Waals surface area contributed by atoms with E-state index in [4.69, 9.17) is 9.47 Å². The monoisotopic (exact) mass is 496 g/mol. The Kier molecular flexibility index (Phi) is 13.7. The molecular weight excluding hydrogens is 455 g/mol. The SMILES string of the molecule is CCN(CC)CC1CCN(C(=NC)NCCCOCC2CCOCC2)C1.I. The van der Waals surface area contributed by atoms with Crippen LogP contribution in [0.1, 0.15) is 39.5 Å². The number of likely N-dealkylation sites (tertiary alicyclic amines) is 1. The van der Waals surface area contributed by atoms with Crippen molar-refractivity contribution in [2.45, 2.75) is 39.5 Å². The van der Waals surface area contributed by atoms with Gasteiger partial charge in [-0.15, -0.1) is 24.0 Å². The van der Waals surface area contributed by atoms with Gasteiger partial charge in [0.25, 0.3) is 0 Å². The quantitative estimate of drug-likeness (QED) is 0.218. The maximum Gasteiger partial charge on any atom is 0.193 e. The lowest BCUT2D eigenvalue weighted by atomic mass is 10.0. The Morgan fingerprint density at radius 3 is 2.59 bits per heavy atom. The number of nitrogens with one attached hydrogen (secondary N) is 1. The number of hydrogen-bond donors (Lipinski definition) is 1. The molecule has 0 aromatic carbocycles. The molecule has 6 nitrogen and oxygen atoms in total. The molecule has 2 fully saturated rings. The Morgan fingerprint density at radius 2 is 1.93 bits per heavy atom. The van der Waals surface area contributed by atoms with Crippen LogP contribution in [0.25, 0.3) is 0 Å². The standard InChI is InChI=1S/C20H40N4O2.HI/c1-4-23(5-2)15-19-7-11-24(16-19)20(21-3)22-10-6-12-26-17-18-8-13-25-14-9-18;/h18-19H,4-17H2,1-3H3,(H,21,22);1H. The summed E-state index contributed by atoms with van der Waals surface area (Å²) in [5.74, 6) is 2.50. The van der Waals surface area contributed by atoms with Crippen LogP contribution in [0.4, 0.5) is 0 Å². The molecule has 2 aliphatic heterocycles. The molecule has 160 valence electrons. The number of halogens is 1. The molecule has 0 aromatic heterocycles. The summed E-state index contributed by atoms with van der Waals surface area (Å²) in [6, 6.07) is 0. The first-order valence-corrected chi connectivity index (χ1v) is 10.6. The number of rotatable bonds is 10. The molecule has 2 aliphatic rings. The third kappa shape index (κ3) is 9.28. The van der Waals surface area contributed by atoms with Gasteiger partial charge in [0, 0.05) is 59.7 Å². The minimum absolute atomic E-state index is 0. The minimum atomic E-state index is 0. The summed E-state index contributed by atoms with van der Waals surface area (Å²) in [4.78, 5) is 9.42. The van der Waals surface area contributed by atoms with E-state index in [1.165, 1.54) is 13.0 Å². The van der Waals surface area contributed by atoms with Crippen molar-refractivity contribution < 1.29 is 9.47 Å². The highest BCUT2D eigenvalue weighted by molar-refractivity contribution is 14.0. The van der Waals surface area contributed by atoms with E-state index in [9.17, 15) is 0 Å². The van der Waals surface area contributed by atoms with Crippen LogP contribution in [0.3, 0.4) is 0 Å². The molecule has 7 heteroatoms. The second kappa shape index (κ2) is 14.8. The van der Waals surface area contributed by atoms with Gasteiger partial charge < -0.3 is 24.6 Å². The first kappa shape index (κ1) is 24.9. The fourth-order valence-corrected chi connectivity index (χ4v) is 3.89. The minimum Gasteiger partial charge on any atom is -0.381 e. The van der Waals surface area contributed by atoms with Gasteiger partial charge in [0.1, 0.15) is 0 Å². The van der Waals surface area contributed by atoms with Crippen molar-refractivity contribution in [3.05, 3.63) is 0 Å². The van der Waals surface area contributed by atoms with Gasteiger partial charge in [-0.1, -0.05) is 13.8 Å². The predicted octanol–water partition coefficient (Wildman–Crippen LogP) is 2.68. The number of hydrogen-bond acceptors (Lipinski definition) is 4. The summed E-state index contributed by atoms with van der Waals surface area (Å²) >= 11 is 0. The molecule has 2 heterocycles. The van der Waals surface area contributed by atoms with E-state index in [2.05, 4.69) is 34.0 Å². The number of aliphatic imine (C=N–C) groups is 1. The van der Waals surface area contributed by atoms with E-state index in [1.807, 2.05) is 7.05 Å². The molecule has 0 radical (unpaired) electrons. The van der Waals surface area contributed by atoms with Crippen LogP contribution < -0.4 is 5.32 Å². The van der Waals surface area contributed by atoms with Gasteiger partial charge in [-0.3, -0.25) is 4.99 Å². The number of ether oxygens (including phenoxy) is 2. The molecule has 1 N–H and O–H groups in total. The van der Waals surface area contributed by atoms with Gasteiger partial charge in [0.2, 0.25) is 0 Å². The second-order valence-corrected chi connectivity index (χ2v) is 7.54. The fraction of sp³-hybridized carbons (Fsp3) is 0.950.